The molecule has 8 heteroatoms. The third kappa shape index (κ3) is 10.5. The number of carbonyl (C=O) groups excluding carboxylic acids is 3. The third-order valence-corrected chi connectivity index (χ3v) is 7.75. The van der Waals surface area contributed by atoms with Crippen LogP contribution in [0.1, 0.15) is 70.2 Å². The second-order valence-corrected chi connectivity index (χ2v) is 12.4. The van der Waals surface area contributed by atoms with Gasteiger partial charge < -0.3 is 24.8 Å². The van der Waals surface area contributed by atoms with Gasteiger partial charge in [-0.05, 0) is 80.3 Å². The van der Waals surface area contributed by atoms with E-state index in [1.54, 1.807) is 6.92 Å². The molecule has 0 radical (unpaired) electrons. The van der Waals surface area contributed by atoms with Crippen molar-refractivity contribution < 1.29 is 28.6 Å². The molecule has 2 amide bonds. The lowest BCUT2D eigenvalue weighted by Gasteiger charge is -2.33. The number of methoxy groups -OCH3 is 1. The van der Waals surface area contributed by atoms with Crippen LogP contribution in [0.2, 0.25) is 0 Å². The normalized spacial score (nSPS) is 14.0. The van der Waals surface area contributed by atoms with E-state index in [0.29, 0.717) is 19.3 Å². The summed E-state index contributed by atoms with van der Waals surface area (Å²) in [6.07, 6.45) is 0.532. The summed E-state index contributed by atoms with van der Waals surface area (Å²) in [5, 5.41) is 6.00. The van der Waals surface area contributed by atoms with E-state index in [4.69, 9.17) is 14.2 Å². The van der Waals surface area contributed by atoms with Gasteiger partial charge in [0, 0.05) is 6.61 Å². The highest BCUT2D eigenvalue weighted by Crippen LogP contribution is 2.28. The van der Waals surface area contributed by atoms with Crippen LogP contribution in [-0.2, 0) is 30.3 Å². The van der Waals surface area contributed by atoms with Crippen LogP contribution < -0.4 is 15.4 Å². The maximum Gasteiger partial charge on any atom is 0.335 e. The summed E-state index contributed by atoms with van der Waals surface area (Å²) >= 11 is 0. The number of para-hydroxylation sites is 1. The Kier molecular flexibility index (Phi) is 13.2. The first-order valence-electron chi connectivity index (χ1n) is 15.6. The van der Waals surface area contributed by atoms with E-state index < -0.39 is 35.4 Å². The second-order valence-electron chi connectivity index (χ2n) is 12.4. The van der Waals surface area contributed by atoms with Crippen molar-refractivity contribution >= 4 is 17.8 Å². The smallest absolute Gasteiger partial charge is 0.335 e. The van der Waals surface area contributed by atoms with Gasteiger partial charge in [-0.2, -0.15) is 0 Å². The first-order chi connectivity index (χ1) is 21.4. The second kappa shape index (κ2) is 16.8. The van der Waals surface area contributed by atoms with Crippen LogP contribution >= 0.6 is 0 Å². The summed E-state index contributed by atoms with van der Waals surface area (Å²) < 4.78 is 16.8. The van der Waals surface area contributed by atoms with Gasteiger partial charge in [-0.1, -0.05) is 81.4 Å². The molecule has 0 aliphatic rings. The first-order valence-corrected chi connectivity index (χ1v) is 15.6. The van der Waals surface area contributed by atoms with Crippen molar-refractivity contribution in [3.05, 3.63) is 95.6 Å². The average molecular weight is 617 g/mol. The molecule has 0 saturated carbocycles. The molecule has 242 valence electrons. The van der Waals surface area contributed by atoms with Crippen molar-refractivity contribution in [2.24, 2.45) is 11.3 Å². The molecule has 3 aromatic rings. The van der Waals surface area contributed by atoms with Gasteiger partial charge in [-0.3, -0.25) is 9.59 Å². The molecule has 0 aromatic heterocycles. The van der Waals surface area contributed by atoms with Crippen LogP contribution in [0.5, 0.6) is 11.5 Å². The molecule has 3 rings (SSSR count). The number of aryl methyl sites for hydroxylation is 2. The van der Waals surface area contributed by atoms with Crippen LogP contribution in [0, 0.1) is 18.3 Å². The molecule has 0 saturated heterocycles. The summed E-state index contributed by atoms with van der Waals surface area (Å²) in [6.45, 7) is 11.6. The fourth-order valence-electron chi connectivity index (χ4n) is 5.23. The number of rotatable bonds is 15. The molecule has 0 unspecified atom stereocenters. The van der Waals surface area contributed by atoms with Crippen LogP contribution in [0.25, 0.3) is 0 Å². The van der Waals surface area contributed by atoms with Crippen molar-refractivity contribution in [1.29, 1.82) is 0 Å². The molecule has 0 bridgehead atoms. The van der Waals surface area contributed by atoms with Gasteiger partial charge in [0.25, 0.3) is 0 Å². The lowest BCUT2D eigenvalue weighted by Crippen LogP contribution is -2.56. The van der Waals surface area contributed by atoms with Gasteiger partial charge in [0.05, 0.1) is 19.1 Å². The highest BCUT2D eigenvalue weighted by Gasteiger charge is 2.39. The molecule has 3 aromatic carbocycles. The van der Waals surface area contributed by atoms with Gasteiger partial charge in [-0.25, -0.2) is 4.79 Å². The summed E-state index contributed by atoms with van der Waals surface area (Å²) in [5.41, 5.74) is 2.43. The lowest BCUT2D eigenvalue weighted by molar-refractivity contribution is -0.161. The van der Waals surface area contributed by atoms with E-state index in [2.05, 4.69) is 16.7 Å². The number of carbonyl (C=O) groups is 3. The molecular formula is C37H48N2O6. The van der Waals surface area contributed by atoms with Crippen molar-refractivity contribution in [2.75, 3.05) is 13.7 Å². The fraction of sp³-hybridized carbons (Fsp3) is 0.432. The van der Waals surface area contributed by atoms with E-state index in [9.17, 15) is 14.4 Å². The average Bonchev–Trinajstić information content (AvgIpc) is 3.02. The van der Waals surface area contributed by atoms with Crippen LogP contribution in [0.4, 0.5) is 0 Å². The molecule has 4 atom stereocenters. The molecule has 0 aliphatic carbocycles. The monoisotopic (exact) mass is 616 g/mol. The van der Waals surface area contributed by atoms with Crippen molar-refractivity contribution in [3.63, 3.8) is 0 Å². The zero-order valence-corrected chi connectivity index (χ0v) is 27.6. The van der Waals surface area contributed by atoms with E-state index >= 15 is 0 Å². The zero-order chi connectivity index (χ0) is 33.0. The van der Waals surface area contributed by atoms with Crippen LogP contribution in [-0.4, -0.2) is 43.6 Å². The SMILES string of the molecule is CCO[C@H](C(=O)OC)[C@@H](CCCc1ccc(Oc2ccccc2)c(C)c1)C(=O)N[C@H](C(=O)N[C@H](C)c1ccccc1)C(C)(C)C. The lowest BCUT2D eigenvalue weighted by atomic mass is 9.84. The standard InChI is InChI=1S/C37H48N2O6/c1-8-44-32(36(42)43-7)30(21-15-16-27-22-23-31(25(2)24-27)45-29-19-13-10-14-20-29)34(40)39-33(37(4,5)6)35(41)38-26(3)28-17-11-9-12-18-28/h9-14,17-20,22-24,26,30,32-33H,8,15-16,21H2,1-7H3,(H,38,41)(H,39,40)/t26-,30-,32+,33-/m1/s1. The fourth-order valence-corrected chi connectivity index (χ4v) is 5.23. The van der Waals surface area contributed by atoms with Crippen LogP contribution in [0.3, 0.4) is 0 Å². The Hall–Kier alpha value is -4.17. The van der Waals surface area contributed by atoms with Crippen LogP contribution in [0.15, 0.2) is 78.9 Å². The van der Waals surface area contributed by atoms with Crippen molar-refractivity contribution in [2.45, 2.75) is 79.0 Å². The molecule has 0 spiro atoms. The number of hydrogen-bond acceptors (Lipinski definition) is 6. The molecule has 0 heterocycles. The van der Waals surface area contributed by atoms with Gasteiger partial charge in [0.15, 0.2) is 6.10 Å². The number of benzene rings is 3. The maximum atomic E-state index is 13.9. The number of nitrogens with one attached hydrogen (secondary N) is 2. The third-order valence-electron chi connectivity index (χ3n) is 7.75. The molecule has 0 aliphatic heterocycles. The predicted octanol–water partition coefficient (Wildman–Crippen LogP) is 6.71. The Morgan fingerprint density at radius 2 is 1.51 bits per heavy atom. The Labute approximate surface area is 267 Å². The van der Waals surface area contributed by atoms with Gasteiger partial charge in [-0.15, -0.1) is 0 Å². The number of ether oxygens (including phenoxy) is 3. The number of hydrogen-bond donors (Lipinski definition) is 2. The van der Waals surface area contributed by atoms with Crippen molar-refractivity contribution in [1.82, 2.24) is 10.6 Å². The quantitative estimate of drug-likeness (QED) is 0.184. The maximum absolute atomic E-state index is 13.9. The Morgan fingerprint density at radius 1 is 0.867 bits per heavy atom. The predicted molar refractivity (Wildman–Crippen MR) is 176 cm³/mol. The zero-order valence-electron chi connectivity index (χ0n) is 27.6. The molecule has 45 heavy (non-hydrogen) atoms. The minimum absolute atomic E-state index is 0.226. The Balaban J connectivity index is 1.75. The van der Waals surface area contributed by atoms with E-state index in [1.807, 2.05) is 107 Å². The topological polar surface area (TPSA) is 103 Å². The highest BCUT2D eigenvalue weighted by molar-refractivity contribution is 5.92. The van der Waals surface area contributed by atoms with Gasteiger partial charge >= 0.3 is 5.97 Å². The number of esters is 1. The minimum atomic E-state index is -1.10. The molecule has 0 fully saturated rings. The summed E-state index contributed by atoms with van der Waals surface area (Å²) in [7, 11) is 1.28. The Bertz CT molecular complexity index is 1390. The van der Waals surface area contributed by atoms with E-state index in [1.165, 1.54) is 7.11 Å². The minimum Gasteiger partial charge on any atom is -0.467 e. The van der Waals surface area contributed by atoms with E-state index in [0.717, 1.165) is 28.2 Å². The summed E-state index contributed by atoms with van der Waals surface area (Å²) in [4.78, 5) is 40.3. The Morgan fingerprint density at radius 3 is 2.09 bits per heavy atom. The first kappa shape index (κ1) is 35.3. The molecule has 8 nitrogen and oxygen atoms in total. The van der Waals surface area contributed by atoms with E-state index in [-0.39, 0.29) is 18.6 Å². The molecule has 2 N–H and O–H groups in total. The van der Waals surface area contributed by atoms with Gasteiger partial charge in [0.1, 0.15) is 17.5 Å². The number of amides is 2. The van der Waals surface area contributed by atoms with Gasteiger partial charge in [0.2, 0.25) is 11.8 Å². The van der Waals surface area contributed by atoms with Crippen molar-refractivity contribution in [3.8, 4) is 11.5 Å². The largest absolute Gasteiger partial charge is 0.467 e. The highest BCUT2D eigenvalue weighted by atomic mass is 16.6. The molecular weight excluding hydrogens is 568 g/mol. The summed E-state index contributed by atoms with van der Waals surface area (Å²) in [5.74, 6) is -0.663. The summed E-state index contributed by atoms with van der Waals surface area (Å²) in [6, 6.07) is 24.2.